The molecular weight excluding hydrogens is 206 g/mol. The van der Waals surface area contributed by atoms with Gasteiger partial charge in [0.1, 0.15) is 12.4 Å². The van der Waals surface area contributed by atoms with Gasteiger partial charge in [0.2, 0.25) is 0 Å². The average Bonchev–Trinajstić information content (AvgIpc) is 2.62. The van der Waals surface area contributed by atoms with E-state index in [0.717, 1.165) is 4.57 Å². The molecule has 0 spiro atoms. The van der Waals surface area contributed by atoms with E-state index < -0.39 is 10.8 Å². The highest BCUT2D eigenvalue weighted by atomic mass is 16.6. The molecule has 0 aliphatic carbocycles. The topological polar surface area (TPSA) is 110 Å². The Labute approximate surface area is 84.7 Å². The second kappa shape index (κ2) is 5.05. The summed E-state index contributed by atoms with van der Waals surface area (Å²) in [6.07, 6.45) is 2.59. The maximum absolute atomic E-state index is 11.2. The van der Waals surface area contributed by atoms with Crippen LogP contribution in [0.25, 0.3) is 0 Å². The molecule has 82 valence electrons. The first-order valence-electron chi connectivity index (χ1n) is 4.18. The van der Waals surface area contributed by atoms with Crippen molar-refractivity contribution in [1.82, 2.24) is 14.9 Å². The highest BCUT2D eigenvalue weighted by molar-refractivity contribution is 5.75. The number of aliphatic hydroxyl groups excluding tert-OH is 1. The second-order valence-electron chi connectivity index (χ2n) is 2.69. The van der Waals surface area contributed by atoms with E-state index in [0.29, 0.717) is 0 Å². The van der Waals surface area contributed by atoms with E-state index in [-0.39, 0.29) is 25.6 Å². The van der Waals surface area contributed by atoms with Gasteiger partial charge in [-0.05, 0) is 4.92 Å². The van der Waals surface area contributed by atoms with Crippen molar-refractivity contribution < 1.29 is 14.8 Å². The van der Waals surface area contributed by atoms with Crippen molar-refractivity contribution in [3.8, 4) is 0 Å². The molecular formula is C7H10N4O4. The number of imidazole rings is 1. The minimum atomic E-state index is -0.667. The zero-order valence-electron chi connectivity index (χ0n) is 7.79. The molecule has 0 aliphatic heterocycles. The molecule has 0 atom stereocenters. The number of carbonyl (C=O) groups is 1. The lowest BCUT2D eigenvalue weighted by molar-refractivity contribution is -0.396. The number of nitro groups is 1. The molecule has 0 saturated carbocycles. The Bertz CT molecular complexity index is 362. The van der Waals surface area contributed by atoms with Crippen LogP contribution in [0.3, 0.4) is 0 Å². The molecule has 1 aromatic heterocycles. The smallest absolute Gasteiger partial charge is 0.395 e. The van der Waals surface area contributed by atoms with Crippen LogP contribution < -0.4 is 5.32 Å². The number of carbonyl (C=O) groups excluding carboxylic acids is 1. The van der Waals surface area contributed by atoms with E-state index in [2.05, 4.69) is 10.3 Å². The Balaban J connectivity index is 2.60. The van der Waals surface area contributed by atoms with Gasteiger partial charge in [-0.25, -0.2) is 4.57 Å². The Morgan fingerprint density at radius 1 is 1.80 bits per heavy atom. The predicted octanol–water partition coefficient (Wildman–Crippen LogP) is -1.10. The SMILES string of the molecule is O=C([14CH2]n1ccnc1[N+](=O)[O-])NCCO. The summed E-state index contributed by atoms with van der Waals surface area (Å²) >= 11 is 0. The van der Waals surface area contributed by atoms with Crippen molar-refractivity contribution >= 4 is 11.9 Å². The molecule has 1 heterocycles. The lowest BCUT2D eigenvalue weighted by Crippen LogP contribution is -2.30. The maximum atomic E-state index is 11.2. The van der Waals surface area contributed by atoms with Crippen LogP contribution in [-0.4, -0.2) is 38.6 Å². The molecule has 8 nitrogen and oxygen atoms in total. The molecule has 0 bridgehead atoms. The number of aromatic nitrogens is 2. The van der Waals surface area contributed by atoms with Gasteiger partial charge in [0, 0.05) is 6.54 Å². The molecule has 0 aliphatic rings. The summed E-state index contributed by atoms with van der Waals surface area (Å²) < 4.78 is 1.12. The van der Waals surface area contributed by atoms with Crippen molar-refractivity contribution in [2.45, 2.75) is 6.54 Å². The third kappa shape index (κ3) is 3.02. The van der Waals surface area contributed by atoms with Crippen LogP contribution in [0, 0.1) is 10.1 Å². The maximum Gasteiger partial charge on any atom is 0.435 e. The van der Waals surface area contributed by atoms with Gasteiger partial charge in [0.15, 0.2) is 6.54 Å². The van der Waals surface area contributed by atoms with E-state index in [9.17, 15) is 14.9 Å². The summed E-state index contributed by atoms with van der Waals surface area (Å²) in [5, 5.41) is 21.2. The van der Waals surface area contributed by atoms with Gasteiger partial charge < -0.3 is 20.5 Å². The number of rotatable bonds is 5. The number of nitrogens with one attached hydrogen (secondary N) is 1. The first-order valence-corrected chi connectivity index (χ1v) is 4.18. The molecule has 0 saturated heterocycles. The number of amides is 1. The number of hydrogen-bond acceptors (Lipinski definition) is 5. The minimum Gasteiger partial charge on any atom is -0.395 e. The molecule has 15 heavy (non-hydrogen) atoms. The normalized spacial score (nSPS) is 9.93. The van der Waals surface area contributed by atoms with E-state index in [1.54, 1.807) is 0 Å². The van der Waals surface area contributed by atoms with Crippen molar-refractivity contribution in [1.29, 1.82) is 0 Å². The summed E-state index contributed by atoms with van der Waals surface area (Å²) in [5.41, 5.74) is 0. The molecule has 8 heteroatoms. The van der Waals surface area contributed by atoms with Gasteiger partial charge in [-0.1, -0.05) is 4.98 Å². The van der Waals surface area contributed by atoms with Crippen molar-refractivity contribution in [2.24, 2.45) is 0 Å². The van der Waals surface area contributed by atoms with Gasteiger partial charge in [0.25, 0.3) is 5.91 Å². The lowest BCUT2D eigenvalue weighted by Gasteiger charge is -2.02. The van der Waals surface area contributed by atoms with Crippen molar-refractivity contribution in [2.75, 3.05) is 13.2 Å². The molecule has 2 N–H and O–H groups in total. The second-order valence-corrected chi connectivity index (χ2v) is 2.69. The average molecular weight is 216 g/mol. The van der Waals surface area contributed by atoms with E-state index in [1.807, 2.05) is 0 Å². The zero-order valence-corrected chi connectivity index (χ0v) is 7.79. The first kappa shape index (κ1) is 11.1. The van der Waals surface area contributed by atoms with Gasteiger partial charge >= 0.3 is 5.95 Å². The standard InChI is InChI=1S/C7H10N4O4/c12-4-2-8-6(13)5-10-3-1-9-7(10)11(14)15/h1,3,12H,2,4-5H2,(H,8,13)/i5+2. The van der Waals surface area contributed by atoms with E-state index in [4.69, 9.17) is 5.11 Å². The van der Waals surface area contributed by atoms with E-state index >= 15 is 0 Å². The fraction of sp³-hybridized carbons (Fsp3) is 0.429. The third-order valence-electron chi connectivity index (χ3n) is 1.60. The van der Waals surface area contributed by atoms with Crippen LogP contribution in [0.5, 0.6) is 0 Å². The summed E-state index contributed by atoms with van der Waals surface area (Å²) in [6.45, 7) is -0.227. The van der Waals surface area contributed by atoms with Crippen molar-refractivity contribution in [3.05, 3.63) is 22.5 Å². The monoisotopic (exact) mass is 216 g/mol. The summed E-state index contributed by atoms with van der Waals surface area (Å²) in [6, 6.07) is 0. The first-order chi connectivity index (χ1) is 7.15. The molecule has 0 unspecified atom stereocenters. The van der Waals surface area contributed by atoms with Crippen LogP contribution in [0.1, 0.15) is 0 Å². The predicted molar refractivity (Wildman–Crippen MR) is 49.0 cm³/mol. The fourth-order valence-electron chi connectivity index (χ4n) is 1.00. The number of nitrogens with zero attached hydrogens (tertiary/aromatic N) is 3. The molecule has 0 radical (unpaired) electrons. The molecule has 1 rings (SSSR count). The van der Waals surface area contributed by atoms with Gasteiger partial charge in [-0.15, -0.1) is 0 Å². The minimum absolute atomic E-state index is 0.126. The van der Waals surface area contributed by atoms with Crippen LogP contribution in [0.4, 0.5) is 5.95 Å². The molecule has 0 aromatic carbocycles. The number of hydrogen-bond donors (Lipinski definition) is 2. The lowest BCUT2D eigenvalue weighted by atomic mass is 10.7. The van der Waals surface area contributed by atoms with E-state index in [1.165, 1.54) is 12.4 Å². The van der Waals surface area contributed by atoms with Crippen LogP contribution >= 0.6 is 0 Å². The Hall–Kier alpha value is -1.96. The number of aliphatic hydroxyl groups is 1. The van der Waals surface area contributed by atoms with Gasteiger partial charge in [-0.2, -0.15) is 0 Å². The Morgan fingerprint density at radius 2 is 2.53 bits per heavy atom. The summed E-state index contributed by atoms with van der Waals surface area (Å²) in [7, 11) is 0. The van der Waals surface area contributed by atoms with Gasteiger partial charge in [0.05, 0.1) is 6.61 Å². The van der Waals surface area contributed by atoms with Crippen LogP contribution in [-0.2, 0) is 11.3 Å². The highest BCUT2D eigenvalue weighted by Crippen LogP contribution is 2.06. The van der Waals surface area contributed by atoms with Crippen LogP contribution in [0.2, 0.25) is 0 Å². The Morgan fingerprint density at radius 3 is 3.13 bits per heavy atom. The zero-order chi connectivity index (χ0) is 11.3. The molecule has 0 fully saturated rings. The van der Waals surface area contributed by atoms with Crippen LogP contribution in [0.15, 0.2) is 12.4 Å². The highest BCUT2D eigenvalue weighted by Gasteiger charge is 2.16. The molecule has 1 amide bonds. The summed E-state index contributed by atoms with van der Waals surface area (Å²) in [4.78, 5) is 24.4. The quantitative estimate of drug-likeness (QED) is 0.479. The third-order valence-corrected chi connectivity index (χ3v) is 1.60. The van der Waals surface area contributed by atoms with Crippen molar-refractivity contribution in [3.63, 3.8) is 0 Å². The summed E-state index contributed by atoms with van der Waals surface area (Å²) in [5.74, 6) is -0.792. The molecule has 1 aromatic rings. The largest absolute Gasteiger partial charge is 0.435 e. The fourth-order valence-corrected chi connectivity index (χ4v) is 1.00. The van der Waals surface area contributed by atoms with Gasteiger partial charge in [-0.3, -0.25) is 4.79 Å². The Kier molecular flexibility index (Phi) is 3.75.